The number of aliphatic hydroxyl groups is 1. The maximum atomic E-state index is 12.5. The summed E-state index contributed by atoms with van der Waals surface area (Å²) in [7, 11) is 1.56. The molecule has 2 N–H and O–H groups in total. The van der Waals surface area contributed by atoms with E-state index >= 15 is 0 Å². The highest BCUT2D eigenvalue weighted by Gasteiger charge is 2.22. The van der Waals surface area contributed by atoms with Crippen molar-refractivity contribution in [3.8, 4) is 0 Å². The second kappa shape index (κ2) is 7.58. The summed E-state index contributed by atoms with van der Waals surface area (Å²) in [6.07, 6.45) is 0.869. The Balaban J connectivity index is 3.18. The van der Waals surface area contributed by atoms with Crippen LogP contribution in [0, 0.1) is 10.1 Å². The van der Waals surface area contributed by atoms with Gasteiger partial charge in [0.2, 0.25) is 0 Å². The minimum atomic E-state index is -0.532. The lowest BCUT2D eigenvalue weighted by atomic mass is 10.1. The Morgan fingerprint density at radius 3 is 2.71 bits per heavy atom. The summed E-state index contributed by atoms with van der Waals surface area (Å²) in [5, 5.41) is 23.1. The number of rotatable bonds is 7. The minimum Gasteiger partial charge on any atom is -0.394 e. The average molecular weight is 295 g/mol. The molecule has 7 heteroatoms. The van der Waals surface area contributed by atoms with Gasteiger partial charge in [-0.2, -0.15) is 0 Å². The van der Waals surface area contributed by atoms with E-state index in [1.807, 2.05) is 6.92 Å². The molecule has 0 heterocycles. The fourth-order valence-electron chi connectivity index (χ4n) is 1.75. The lowest BCUT2D eigenvalue weighted by molar-refractivity contribution is -0.384. The van der Waals surface area contributed by atoms with Gasteiger partial charge in [-0.05, 0) is 19.4 Å². The third-order valence-corrected chi connectivity index (χ3v) is 3.26. The maximum Gasteiger partial charge on any atom is 0.270 e. The normalized spacial score (nSPS) is 11.8. The van der Waals surface area contributed by atoms with Gasteiger partial charge in [0.05, 0.1) is 23.1 Å². The molecule has 7 nitrogen and oxygen atoms in total. The third kappa shape index (κ3) is 4.16. The standard InChI is InChI=1S/C14H21N3O4/c1-4-7-15-13-6-5-11(17(20)21)8-12(13)14(19)16(3)10(2)9-18/h5-6,8,10,15,18H,4,7,9H2,1-3H3. The van der Waals surface area contributed by atoms with Crippen LogP contribution in [0.5, 0.6) is 0 Å². The van der Waals surface area contributed by atoms with E-state index in [0.717, 1.165) is 6.42 Å². The number of likely N-dealkylation sites (N-methyl/N-ethyl adjacent to an activating group) is 1. The van der Waals surface area contributed by atoms with Gasteiger partial charge in [-0.3, -0.25) is 14.9 Å². The Hall–Kier alpha value is -2.15. The van der Waals surface area contributed by atoms with Gasteiger partial charge in [-0.15, -0.1) is 0 Å². The smallest absolute Gasteiger partial charge is 0.270 e. The van der Waals surface area contributed by atoms with Crippen LogP contribution in [0.15, 0.2) is 18.2 Å². The second-order valence-corrected chi connectivity index (χ2v) is 4.86. The molecule has 0 spiro atoms. The Bertz CT molecular complexity index is 519. The van der Waals surface area contributed by atoms with Crippen LogP contribution in [-0.2, 0) is 0 Å². The molecule has 1 aromatic carbocycles. The van der Waals surface area contributed by atoms with Gasteiger partial charge >= 0.3 is 0 Å². The van der Waals surface area contributed by atoms with E-state index in [2.05, 4.69) is 5.32 Å². The zero-order valence-corrected chi connectivity index (χ0v) is 12.5. The molecule has 0 fully saturated rings. The fourth-order valence-corrected chi connectivity index (χ4v) is 1.75. The quantitative estimate of drug-likeness (QED) is 0.591. The monoisotopic (exact) mass is 295 g/mol. The number of hydrogen-bond donors (Lipinski definition) is 2. The molecule has 0 saturated heterocycles. The predicted octanol–water partition coefficient (Wildman–Crippen LogP) is 1.87. The van der Waals surface area contributed by atoms with Crippen LogP contribution in [0.2, 0.25) is 0 Å². The Morgan fingerprint density at radius 1 is 1.52 bits per heavy atom. The van der Waals surface area contributed by atoms with Crippen LogP contribution in [0.1, 0.15) is 30.6 Å². The number of benzene rings is 1. The van der Waals surface area contributed by atoms with Crippen molar-refractivity contribution in [1.29, 1.82) is 0 Å². The van der Waals surface area contributed by atoms with Crippen LogP contribution >= 0.6 is 0 Å². The van der Waals surface area contributed by atoms with Crippen molar-refractivity contribution in [2.45, 2.75) is 26.3 Å². The van der Waals surface area contributed by atoms with Gasteiger partial charge in [0, 0.05) is 31.4 Å². The SMILES string of the molecule is CCCNc1ccc([N+](=O)[O-])cc1C(=O)N(C)C(C)CO. The molecule has 0 aliphatic rings. The Morgan fingerprint density at radius 2 is 2.19 bits per heavy atom. The molecule has 0 bridgehead atoms. The molecule has 1 atom stereocenters. The first-order valence-corrected chi connectivity index (χ1v) is 6.82. The van der Waals surface area contributed by atoms with E-state index in [1.165, 1.54) is 17.0 Å². The van der Waals surface area contributed by atoms with E-state index in [4.69, 9.17) is 5.11 Å². The average Bonchev–Trinajstić information content (AvgIpc) is 2.50. The number of anilines is 1. The summed E-state index contributed by atoms with van der Waals surface area (Å²) >= 11 is 0. The molecular formula is C14H21N3O4. The van der Waals surface area contributed by atoms with Gasteiger partial charge in [0.1, 0.15) is 0 Å². The Labute approximate surface area is 123 Å². The number of nitro groups is 1. The van der Waals surface area contributed by atoms with Crippen LogP contribution in [0.4, 0.5) is 11.4 Å². The molecule has 0 radical (unpaired) electrons. The summed E-state index contributed by atoms with van der Waals surface area (Å²) in [5.74, 6) is -0.362. The Kier molecular flexibility index (Phi) is 6.10. The fraction of sp³-hybridized carbons (Fsp3) is 0.500. The second-order valence-electron chi connectivity index (χ2n) is 4.86. The van der Waals surface area contributed by atoms with Gasteiger partial charge in [0.25, 0.3) is 11.6 Å². The first-order chi connectivity index (χ1) is 9.92. The number of nitrogens with one attached hydrogen (secondary N) is 1. The summed E-state index contributed by atoms with van der Waals surface area (Å²) in [4.78, 5) is 24.2. The van der Waals surface area contributed by atoms with Crippen LogP contribution in [-0.4, -0.2) is 47.1 Å². The van der Waals surface area contributed by atoms with Crippen molar-refractivity contribution in [1.82, 2.24) is 4.90 Å². The topological polar surface area (TPSA) is 95.7 Å². The molecule has 0 aromatic heterocycles. The zero-order chi connectivity index (χ0) is 16.0. The number of carbonyl (C=O) groups is 1. The van der Waals surface area contributed by atoms with Crippen molar-refractivity contribution in [2.75, 3.05) is 25.5 Å². The lowest BCUT2D eigenvalue weighted by Gasteiger charge is -2.24. The van der Waals surface area contributed by atoms with E-state index in [-0.39, 0.29) is 29.8 Å². The molecule has 116 valence electrons. The molecule has 0 aliphatic carbocycles. The molecular weight excluding hydrogens is 274 g/mol. The first-order valence-electron chi connectivity index (χ1n) is 6.82. The van der Waals surface area contributed by atoms with Crippen molar-refractivity contribution >= 4 is 17.3 Å². The maximum absolute atomic E-state index is 12.5. The van der Waals surface area contributed by atoms with Crippen molar-refractivity contribution < 1.29 is 14.8 Å². The number of carbonyl (C=O) groups excluding carboxylic acids is 1. The highest BCUT2D eigenvalue weighted by Crippen LogP contribution is 2.24. The summed E-state index contributed by atoms with van der Waals surface area (Å²) in [6.45, 7) is 4.18. The van der Waals surface area contributed by atoms with Gasteiger partial charge in [0.15, 0.2) is 0 Å². The van der Waals surface area contributed by atoms with Gasteiger partial charge < -0.3 is 15.3 Å². The number of aliphatic hydroxyl groups excluding tert-OH is 1. The van der Waals surface area contributed by atoms with Crippen LogP contribution in [0.3, 0.4) is 0 Å². The van der Waals surface area contributed by atoms with Crippen LogP contribution in [0.25, 0.3) is 0 Å². The van der Waals surface area contributed by atoms with Gasteiger partial charge in [-0.25, -0.2) is 0 Å². The van der Waals surface area contributed by atoms with Crippen molar-refractivity contribution in [3.05, 3.63) is 33.9 Å². The third-order valence-electron chi connectivity index (χ3n) is 3.26. The molecule has 1 rings (SSSR count). The molecule has 0 aliphatic heterocycles. The molecule has 1 aromatic rings. The number of amides is 1. The summed E-state index contributed by atoms with van der Waals surface area (Å²) in [6, 6.07) is 3.81. The molecule has 21 heavy (non-hydrogen) atoms. The van der Waals surface area contributed by atoms with E-state index < -0.39 is 4.92 Å². The van der Waals surface area contributed by atoms with Crippen molar-refractivity contribution in [2.24, 2.45) is 0 Å². The molecule has 1 unspecified atom stereocenters. The minimum absolute atomic E-state index is 0.134. The highest BCUT2D eigenvalue weighted by molar-refractivity contribution is 6.00. The summed E-state index contributed by atoms with van der Waals surface area (Å²) < 4.78 is 0. The summed E-state index contributed by atoms with van der Waals surface area (Å²) in [5.41, 5.74) is 0.662. The number of nitrogens with zero attached hydrogens (tertiary/aromatic N) is 2. The predicted molar refractivity (Wildman–Crippen MR) is 80.5 cm³/mol. The first kappa shape index (κ1) is 16.9. The van der Waals surface area contributed by atoms with Crippen LogP contribution < -0.4 is 5.32 Å². The van der Waals surface area contributed by atoms with Gasteiger partial charge in [-0.1, -0.05) is 6.92 Å². The lowest BCUT2D eigenvalue weighted by Crippen LogP contribution is -2.37. The van der Waals surface area contributed by atoms with E-state index in [9.17, 15) is 14.9 Å². The molecule has 1 amide bonds. The number of non-ortho nitro benzene ring substituents is 1. The highest BCUT2D eigenvalue weighted by atomic mass is 16.6. The largest absolute Gasteiger partial charge is 0.394 e. The van der Waals surface area contributed by atoms with E-state index in [1.54, 1.807) is 20.0 Å². The number of nitro benzene ring substituents is 1. The van der Waals surface area contributed by atoms with Crippen molar-refractivity contribution in [3.63, 3.8) is 0 Å². The molecule has 0 saturated carbocycles. The number of hydrogen-bond acceptors (Lipinski definition) is 5. The van der Waals surface area contributed by atoms with E-state index in [0.29, 0.717) is 12.2 Å². The zero-order valence-electron chi connectivity index (χ0n) is 12.5.